The van der Waals surface area contributed by atoms with E-state index in [0.717, 1.165) is 22.6 Å². The van der Waals surface area contributed by atoms with Crippen molar-refractivity contribution in [2.75, 3.05) is 0 Å². The summed E-state index contributed by atoms with van der Waals surface area (Å²) in [4.78, 5) is 12.0. The summed E-state index contributed by atoms with van der Waals surface area (Å²) in [5.74, 6) is 1.65. The zero-order valence-corrected chi connectivity index (χ0v) is 11.6. The summed E-state index contributed by atoms with van der Waals surface area (Å²) >= 11 is 0. The second-order valence-electron chi connectivity index (χ2n) is 4.84. The van der Waals surface area contributed by atoms with Gasteiger partial charge < -0.3 is 9.73 Å². The molecule has 1 heterocycles. The fourth-order valence-electron chi connectivity index (χ4n) is 2.03. The van der Waals surface area contributed by atoms with Gasteiger partial charge >= 0.3 is 0 Å². The Balaban J connectivity index is 1.96. The van der Waals surface area contributed by atoms with Crippen molar-refractivity contribution in [3.63, 3.8) is 0 Å². The number of amides is 1. The molecule has 0 radical (unpaired) electrons. The van der Waals surface area contributed by atoms with Crippen molar-refractivity contribution in [3.05, 3.63) is 59.0 Å². The van der Waals surface area contributed by atoms with Gasteiger partial charge in [0.1, 0.15) is 11.5 Å². The van der Waals surface area contributed by atoms with Crippen LogP contribution in [0.15, 0.2) is 40.8 Å². The molecular weight excluding hydrogens is 238 g/mol. The molecule has 0 aliphatic heterocycles. The van der Waals surface area contributed by atoms with Gasteiger partial charge in [-0.15, -0.1) is 0 Å². The van der Waals surface area contributed by atoms with E-state index in [1.54, 1.807) is 0 Å². The van der Waals surface area contributed by atoms with Gasteiger partial charge in [-0.2, -0.15) is 0 Å². The van der Waals surface area contributed by atoms with Crippen LogP contribution in [0.25, 0.3) is 0 Å². The van der Waals surface area contributed by atoms with Gasteiger partial charge in [-0.3, -0.25) is 4.79 Å². The molecule has 0 saturated carbocycles. The molecule has 0 aliphatic carbocycles. The normalized spacial score (nSPS) is 12.2. The standard InChI is InChI=1S/C16H19NO2/c1-11-6-4-5-7-14(11)10-16(18)17-13(3)15-9-8-12(2)19-15/h4-9,13H,10H2,1-3H3,(H,17,18). The minimum atomic E-state index is -0.106. The van der Waals surface area contributed by atoms with Gasteiger partial charge in [0.05, 0.1) is 12.5 Å². The van der Waals surface area contributed by atoms with Gasteiger partial charge in [0.25, 0.3) is 0 Å². The van der Waals surface area contributed by atoms with Crippen molar-refractivity contribution in [1.29, 1.82) is 0 Å². The molecule has 19 heavy (non-hydrogen) atoms. The largest absolute Gasteiger partial charge is 0.464 e. The lowest BCUT2D eigenvalue weighted by atomic mass is 10.1. The van der Waals surface area contributed by atoms with Crippen LogP contribution < -0.4 is 5.32 Å². The second-order valence-corrected chi connectivity index (χ2v) is 4.84. The minimum Gasteiger partial charge on any atom is -0.464 e. The maximum Gasteiger partial charge on any atom is 0.225 e. The third-order valence-electron chi connectivity index (χ3n) is 3.18. The van der Waals surface area contributed by atoms with Gasteiger partial charge in [-0.1, -0.05) is 24.3 Å². The number of rotatable bonds is 4. The van der Waals surface area contributed by atoms with Gasteiger partial charge in [0.15, 0.2) is 0 Å². The third kappa shape index (κ3) is 3.47. The number of hydrogen-bond acceptors (Lipinski definition) is 2. The summed E-state index contributed by atoms with van der Waals surface area (Å²) in [5.41, 5.74) is 2.20. The zero-order valence-electron chi connectivity index (χ0n) is 11.6. The topological polar surface area (TPSA) is 42.2 Å². The van der Waals surface area contributed by atoms with Crippen LogP contribution in [-0.4, -0.2) is 5.91 Å². The van der Waals surface area contributed by atoms with Crippen LogP contribution >= 0.6 is 0 Å². The predicted molar refractivity (Wildman–Crippen MR) is 74.9 cm³/mol. The molecule has 1 unspecified atom stereocenters. The van der Waals surface area contributed by atoms with Crippen molar-refractivity contribution in [1.82, 2.24) is 5.32 Å². The fraction of sp³-hybridized carbons (Fsp3) is 0.312. The van der Waals surface area contributed by atoms with Crippen molar-refractivity contribution < 1.29 is 9.21 Å². The first-order valence-electron chi connectivity index (χ1n) is 6.46. The fourth-order valence-corrected chi connectivity index (χ4v) is 2.03. The van der Waals surface area contributed by atoms with Crippen LogP contribution in [0.1, 0.15) is 35.6 Å². The number of carbonyl (C=O) groups excluding carboxylic acids is 1. The van der Waals surface area contributed by atoms with Crippen molar-refractivity contribution in [3.8, 4) is 0 Å². The molecule has 0 spiro atoms. The van der Waals surface area contributed by atoms with Crippen LogP contribution in [0.3, 0.4) is 0 Å². The summed E-state index contributed by atoms with van der Waals surface area (Å²) in [7, 11) is 0. The number of nitrogens with one attached hydrogen (secondary N) is 1. The Morgan fingerprint density at radius 3 is 2.58 bits per heavy atom. The van der Waals surface area contributed by atoms with Gasteiger partial charge in [0.2, 0.25) is 5.91 Å². The van der Waals surface area contributed by atoms with Crippen LogP contribution in [-0.2, 0) is 11.2 Å². The molecule has 1 aromatic heterocycles. The van der Waals surface area contributed by atoms with E-state index < -0.39 is 0 Å². The van der Waals surface area contributed by atoms with Crippen LogP contribution in [0.5, 0.6) is 0 Å². The Morgan fingerprint density at radius 2 is 1.95 bits per heavy atom. The zero-order chi connectivity index (χ0) is 13.8. The molecule has 1 amide bonds. The first-order valence-corrected chi connectivity index (χ1v) is 6.46. The number of hydrogen-bond donors (Lipinski definition) is 1. The summed E-state index contributed by atoms with van der Waals surface area (Å²) in [5, 5.41) is 2.95. The SMILES string of the molecule is Cc1ccc(C(C)NC(=O)Cc2ccccc2C)o1. The summed E-state index contributed by atoms with van der Waals surface area (Å²) < 4.78 is 5.51. The smallest absolute Gasteiger partial charge is 0.225 e. The summed E-state index contributed by atoms with van der Waals surface area (Å²) in [6.07, 6.45) is 0.400. The van der Waals surface area contributed by atoms with Crippen molar-refractivity contribution >= 4 is 5.91 Å². The van der Waals surface area contributed by atoms with Gasteiger partial charge in [-0.05, 0) is 44.0 Å². The van der Waals surface area contributed by atoms with E-state index in [9.17, 15) is 4.79 Å². The molecule has 2 aromatic rings. The van der Waals surface area contributed by atoms with Crippen LogP contribution in [0.2, 0.25) is 0 Å². The number of aryl methyl sites for hydroxylation is 2. The number of furan rings is 1. The molecule has 0 aliphatic rings. The molecule has 0 saturated heterocycles. The van der Waals surface area contributed by atoms with E-state index >= 15 is 0 Å². The molecule has 1 N–H and O–H groups in total. The van der Waals surface area contributed by atoms with Crippen molar-refractivity contribution in [2.24, 2.45) is 0 Å². The highest BCUT2D eigenvalue weighted by atomic mass is 16.3. The summed E-state index contributed by atoms with van der Waals surface area (Å²) in [6.45, 7) is 5.83. The molecule has 0 bridgehead atoms. The highest BCUT2D eigenvalue weighted by molar-refractivity contribution is 5.79. The van der Waals surface area contributed by atoms with E-state index in [0.29, 0.717) is 6.42 Å². The Bertz CT molecular complexity index is 572. The van der Waals surface area contributed by atoms with E-state index in [1.165, 1.54) is 0 Å². The second kappa shape index (κ2) is 5.74. The monoisotopic (exact) mass is 257 g/mol. The maximum absolute atomic E-state index is 12.0. The first kappa shape index (κ1) is 13.4. The Morgan fingerprint density at radius 1 is 1.21 bits per heavy atom. The number of benzene rings is 1. The maximum atomic E-state index is 12.0. The minimum absolute atomic E-state index is 0.0100. The molecule has 2 rings (SSSR count). The van der Waals surface area contributed by atoms with Gasteiger partial charge in [0, 0.05) is 0 Å². The predicted octanol–water partition coefficient (Wildman–Crippen LogP) is 3.32. The highest BCUT2D eigenvalue weighted by Gasteiger charge is 2.13. The molecule has 3 heteroatoms. The van der Waals surface area contributed by atoms with Crippen LogP contribution in [0, 0.1) is 13.8 Å². The summed E-state index contributed by atoms with van der Waals surface area (Å²) in [6, 6.07) is 11.6. The van der Waals surface area contributed by atoms with E-state index in [4.69, 9.17) is 4.42 Å². The van der Waals surface area contributed by atoms with Crippen LogP contribution in [0.4, 0.5) is 0 Å². The lowest BCUT2D eigenvalue weighted by Gasteiger charge is -2.12. The van der Waals surface area contributed by atoms with Gasteiger partial charge in [-0.25, -0.2) is 0 Å². The molecule has 0 fully saturated rings. The Labute approximate surface area is 113 Å². The first-order chi connectivity index (χ1) is 9.06. The highest BCUT2D eigenvalue weighted by Crippen LogP contribution is 2.16. The molecule has 1 atom stereocenters. The van der Waals surface area contributed by atoms with E-state index in [1.807, 2.05) is 57.2 Å². The average Bonchev–Trinajstić information content (AvgIpc) is 2.79. The number of carbonyl (C=O) groups is 1. The van der Waals surface area contributed by atoms with E-state index in [2.05, 4.69) is 5.32 Å². The lowest BCUT2D eigenvalue weighted by Crippen LogP contribution is -2.28. The lowest BCUT2D eigenvalue weighted by molar-refractivity contribution is -0.121. The quantitative estimate of drug-likeness (QED) is 0.913. The molecule has 1 aromatic carbocycles. The molecular formula is C16H19NO2. The van der Waals surface area contributed by atoms with Crippen molar-refractivity contribution in [2.45, 2.75) is 33.2 Å². The average molecular weight is 257 g/mol. The molecule has 100 valence electrons. The van der Waals surface area contributed by atoms with E-state index in [-0.39, 0.29) is 11.9 Å². The Hall–Kier alpha value is -2.03. The molecule has 3 nitrogen and oxygen atoms in total. The Kier molecular flexibility index (Phi) is 4.05. The third-order valence-corrected chi connectivity index (χ3v) is 3.18.